The van der Waals surface area contributed by atoms with Gasteiger partial charge < -0.3 is 10.6 Å². The van der Waals surface area contributed by atoms with E-state index in [1.165, 1.54) is 11.3 Å². The fourth-order valence-electron chi connectivity index (χ4n) is 2.19. The first-order valence-electron chi connectivity index (χ1n) is 8.00. The molecule has 0 aliphatic rings. The van der Waals surface area contributed by atoms with Crippen LogP contribution in [0.2, 0.25) is 0 Å². The van der Waals surface area contributed by atoms with E-state index in [0.717, 1.165) is 21.9 Å². The van der Waals surface area contributed by atoms with Gasteiger partial charge in [-0.3, -0.25) is 14.9 Å². The molecule has 1 aromatic heterocycles. The quantitative estimate of drug-likeness (QED) is 0.608. The zero-order valence-corrected chi connectivity index (χ0v) is 15.2. The van der Waals surface area contributed by atoms with Crippen LogP contribution in [0.4, 0.5) is 22.2 Å². The van der Waals surface area contributed by atoms with Crippen molar-refractivity contribution in [3.63, 3.8) is 0 Å². The maximum absolute atomic E-state index is 12.0. The second-order valence-corrected chi connectivity index (χ2v) is 6.84. The molecule has 7 heteroatoms. The molecule has 0 aliphatic heterocycles. The molecule has 26 heavy (non-hydrogen) atoms. The van der Waals surface area contributed by atoms with E-state index in [9.17, 15) is 9.59 Å². The molecule has 0 saturated carbocycles. The molecule has 3 rings (SSSR count). The summed E-state index contributed by atoms with van der Waals surface area (Å²) in [6.45, 7) is 3.76. The summed E-state index contributed by atoms with van der Waals surface area (Å²) in [7, 11) is 0. The number of carbonyl (C=O) groups excluding carboxylic acids is 2. The first kappa shape index (κ1) is 17.6. The van der Waals surface area contributed by atoms with E-state index in [-0.39, 0.29) is 0 Å². The van der Waals surface area contributed by atoms with Crippen molar-refractivity contribution in [2.75, 3.05) is 16.0 Å². The van der Waals surface area contributed by atoms with Gasteiger partial charge >= 0.3 is 11.8 Å². The zero-order chi connectivity index (χ0) is 18.5. The molecule has 0 radical (unpaired) electrons. The molecular formula is C19H18N4O2S. The summed E-state index contributed by atoms with van der Waals surface area (Å²) in [6.07, 6.45) is 0. The SMILES string of the molecule is Cc1nc(NC(=O)C(=O)Nc2ccc(Nc3ccccc3)cc2)sc1C. The molecule has 0 saturated heterocycles. The summed E-state index contributed by atoms with van der Waals surface area (Å²) in [5.41, 5.74) is 3.23. The van der Waals surface area contributed by atoms with Crippen LogP contribution in [0.15, 0.2) is 54.6 Å². The predicted octanol–water partition coefficient (Wildman–Crippen LogP) is 4.08. The molecule has 0 bridgehead atoms. The Morgan fingerprint density at radius 1 is 0.808 bits per heavy atom. The maximum Gasteiger partial charge on any atom is 0.315 e. The molecule has 0 unspecified atom stereocenters. The highest BCUT2D eigenvalue weighted by Gasteiger charge is 2.16. The van der Waals surface area contributed by atoms with E-state index < -0.39 is 11.8 Å². The zero-order valence-electron chi connectivity index (χ0n) is 14.4. The van der Waals surface area contributed by atoms with Crippen LogP contribution >= 0.6 is 11.3 Å². The Balaban J connectivity index is 1.57. The number of hydrogen-bond donors (Lipinski definition) is 3. The molecule has 0 atom stereocenters. The lowest BCUT2D eigenvalue weighted by Gasteiger charge is -2.08. The van der Waals surface area contributed by atoms with Crippen LogP contribution in [0.5, 0.6) is 0 Å². The Morgan fingerprint density at radius 2 is 1.38 bits per heavy atom. The molecule has 2 aromatic carbocycles. The van der Waals surface area contributed by atoms with Gasteiger partial charge in [-0.1, -0.05) is 18.2 Å². The second-order valence-electron chi connectivity index (χ2n) is 5.64. The number of para-hydroxylation sites is 1. The number of nitrogens with zero attached hydrogens (tertiary/aromatic N) is 1. The van der Waals surface area contributed by atoms with Crippen molar-refractivity contribution >= 4 is 45.3 Å². The predicted molar refractivity (Wildman–Crippen MR) is 105 cm³/mol. The highest BCUT2D eigenvalue weighted by atomic mass is 32.1. The molecule has 6 nitrogen and oxygen atoms in total. The Labute approximate surface area is 155 Å². The molecular weight excluding hydrogens is 348 g/mol. The number of benzene rings is 2. The number of anilines is 4. The van der Waals surface area contributed by atoms with Gasteiger partial charge in [-0.2, -0.15) is 0 Å². The largest absolute Gasteiger partial charge is 0.356 e. The first-order chi connectivity index (χ1) is 12.5. The lowest BCUT2D eigenvalue weighted by Crippen LogP contribution is -2.29. The van der Waals surface area contributed by atoms with Crippen LogP contribution in [0.3, 0.4) is 0 Å². The summed E-state index contributed by atoms with van der Waals surface area (Å²) >= 11 is 1.34. The molecule has 0 fully saturated rings. The Kier molecular flexibility index (Phi) is 5.28. The normalized spacial score (nSPS) is 10.2. The van der Waals surface area contributed by atoms with Crippen molar-refractivity contribution in [2.45, 2.75) is 13.8 Å². The van der Waals surface area contributed by atoms with Crippen molar-refractivity contribution < 1.29 is 9.59 Å². The van der Waals surface area contributed by atoms with Gasteiger partial charge in [0.2, 0.25) is 0 Å². The van der Waals surface area contributed by atoms with Crippen molar-refractivity contribution in [1.29, 1.82) is 0 Å². The van der Waals surface area contributed by atoms with Crippen LogP contribution in [0, 0.1) is 13.8 Å². The third-order valence-corrected chi connectivity index (χ3v) is 4.65. The van der Waals surface area contributed by atoms with Crippen LogP contribution in [-0.2, 0) is 9.59 Å². The molecule has 0 spiro atoms. The van der Waals surface area contributed by atoms with E-state index in [0.29, 0.717) is 10.8 Å². The Morgan fingerprint density at radius 3 is 2.00 bits per heavy atom. The van der Waals surface area contributed by atoms with Crippen LogP contribution in [0.25, 0.3) is 0 Å². The fourth-order valence-corrected chi connectivity index (χ4v) is 3.00. The monoisotopic (exact) mass is 366 g/mol. The van der Waals surface area contributed by atoms with E-state index in [2.05, 4.69) is 20.9 Å². The molecule has 132 valence electrons. The van der Waals surface area contributed by atoms with E-state index in [1.807, 2.05) is 56.3 Å². The standard InChI is InChI=1S/C19H18N4O2S/c1-12-13(2)26-19(20-12)23-18(25)17(24)22-16-10-8-15(9-11-16)21-14-6-4-3-5-7-14/h3-11,21H,1-2H3,(H,22,24)(H,20,23,25). The number of rotatable bonds is 4. The minimum absolute atomic E-state index is 0.419. The number of amides is 2. The third-order valence-electron chi connectivity index (χ3n) is 3.66. The van der Waals surface area contributed by atoms with E-state index >= 15 is 0 Å². The number of aryl methyl sites for hydroxylation is 2. The molecule has 1 heterocycles. The second kappa shape index (κ2) is 7.79. The summed E-state index contributed by atoms with van der Waals surface area (Å²) in [4.78, 5) is 29.2. The van der Waals surface area contributed by atoms with E-state index in [4.69, 9.17) is 0 Å². The van der Waals surface area contributed by atoms with Gasteiger partial charge in [0.15, 0.2) is 5.13 Å². The Hall–Kier alpha value is -3.19. The average molecular weight is 366 g/mol. The summed E-state index contributed by atoms with van der Waals surface area (Å²) < 4.78 is 0. The van der Waals surface area contributed by atoms with Gasteiger partial charge in [-0.25, -0.2) is 4.98 Å². The van der Waals surface area contributed by atoms with Gasteiger partial charge in [-0.05, 0) is 50.2 Å². The molecule has 3 aromatic rings. The van der Waals surface area contributed by atoms with Crippen LogP contribution in [0.1, 0.15) is 10.6 Å². The molecule has 2 amide bonds. The van der Waals surface area contributed by atoms with Gasteiger partial charge in [-0.15, -0.1) is 11.3 Å². The van der Waals surface area contributed by atoms with E-state index in [1.54, 1.807) is 12.1 Å². The number of aromatic nitrogens is 1. The Bertz CT molecular complexity index is 901. The van der Waals surface area contributed by atoms with Crippen LogP contribution < -0.4 is 16.0 Å². The van der Waals surface area contributed by atoms with Crippen molar-refractivity contribution in [3.05, 3.63) is 65.2 Å². The van der Waals surface area contributed by atoms with Crippen LogP contribution in [-0.4, -0.2) is 16.8 Å². The van der Waals surface area contributed by atoms with Gasteiger partial charge in [0.05, 0.1) is 5.69 Å². The summed E-state index contributed by atoms with van der Waals surface area (Å²) in [6, 6.07) is 16.9. The first-order valence-corrected chi connectivity index (χ1v) is 8.81. The lowest BCUT2D eigenvalue weighted by atomic mass is 10.2. The fraction of sp³-hybridized carbons (Fsp3) is 0.105. The van der Waals surface area contributed by atoms with Crippen molar-refractivity contribution in [2.24, 2.45) is 0 Å². The minimum atomic E-state index is -0.745. The smallest absolute Gasteiger partial charge is 0.315 e. The number of hydrogen-bond acceptors (Lipinski definition) is 5. The highest BCUT2D eigenvalue weighted by molar-refractivity contribution is 7.15. The molecule has 0 aliphatic carbocycles. The minimum Gasteiger partial charge on any atom is -0.356 e. The lowest BCUT2D eigenvalue weighted by molar-refractivity contribution is -0.132. The number of carbonyl (C=O) groups is 2. The summed E-state index contributed by atoms with van der Waals surface area (Å²) in [5.74, 6) is -1.48. The third kappa shape index (κ3) is 4.46. The molecule has 3 N–H and O–H groups in total. The number of nitrogens with one attached hydrogen (secondary N) is 3. The van der Waals surface area contributed by atoms with Crippen molar-refractivity contribution in [3.8, 4) is 0 Å². The summed E-state index contributed by atoms with van der Waals surface area (Å²) in [5, 5.41) is 8.75. The highest BCUT2D eigenvalue weighted by Crippen LogP contribution is 2.21. The number of thiazole rings is 1. The van der Waals surface area contributed by atoms with Crippen molar-refractivity contribution in [1.82, 2.24) is 4.98 Å². The topological polar surface area (TPSA) is 83.1 Å². The van der Waals surface area contributed by atoms with Gasteiger partial charge in [0, 0.05) is 21.9 Å². The average Bonchev–Trinajstić information content (AvgIpc) is 2.95. The maximum atomic E-state index is 12.0. The van der Waals surface area contributed by atoms with Gasteiger partial charge in [0.1, 0.15) is 0 Å². The van der Waals surface area contributed by atoms with Gasteiger partial charge in [0.25, 0.3) is 0 Å².